The molecule has 3 aliphatic rings. The Hall–Kier alpha value is -1.69. The molecule has 5 rings (SSSR count). The summed E-state index contributed by atoms with van der Waals surface area (Å²) in [5.74, 6) is 2.02. The van der Waals surface area contributed by atoms with Crippen molar-refractivity contribution in [1.29, 1.82) is 0 Å². The van der Waals surface area contributed by atoms with Gasteiger partial charge in [0.25, 0.3) is 0 Å². The van der Waals surface area contributed by atoms with Crippen LogP contribution in [0.4, 0.5) is 5.82 Å². The third kappa shape index (κ3) is 2.07. The first kappa shape index (κ1) is 13.7. The highest BCUT2D eigenvalue weighted by atomic mass is 32.1. The van der Waals surface area contributed by atoms with E-state index in [-0.39, 0.29) is 6.04 Å². The highest BCUT2D eigenvalue weighted by Gasteiger charge is 2.44. The number of piperidine rings is 1. The number of aromatic nitrogens is 2. The van der Waals surface area contributed by atoms with Crippen LogP contribution >= 0.6 is 11.3 Å². The number of likely N-dealkylation sites (tertiary alicyclic amines) is 1. The van der Waals surface area contributed by atoms with Gasteiger partial charge in [-0.25, -0.2) is 9.97 Å². The highest BCUT2D eigenvalue weighted by molar-refractivity contribution is 7.16. The van der Waals surface area contributed by atoms with Gasteiger partial charge in [0, 0.05) is 19.1 Å². The van der Waals surface area contributed by atoms with Crippen molar-refractivity contribution in [3.05, 3.63) is 17.8 Å². The van der Waals surface area contributed by atoms with Gasteiger partial charge in [-0.3, -0.25) is 4.79 Å². The Bertz CT molecular complexity index is 760. The minimum atomic E-state index is -0.0349. The zero-order valence-electron chi connectivity index (χ0n) is 13.0. The molecule has 2 aromatic heterocycles. The zero-order valence-corrected chi connectivity index (χ0v) is 13.8. The molecule has 6 heteroatoms. The number of amides is 1. The molecule has 3 atom stereocenters. The van der Waals surface area contributed by atoms with E-state index in [0.717, 1.165) is 47.9 Å². The number of carbonyl (C=O) groups excluding carboxylic acids is 1. The maximum Gasteiger partial charge on any atom is 0.245 e. The second kappa shape index (κ2) is 5.16. The number of nitrogens with zero attached hydrogens (tertiary/aromatic N) is 4. The van der Waals surface area contributed by atoms with Crippen molar-refractivity contribution in [2.75, 3.05) is 18.0 Å². The number of thiophene rings is 1. The summed E-state index contributed by atoms with van der Waals surface area (Å²) in [5.41, 5.74) is 0. The molecule has 2 aromatic rings. The molecule has 5 nitrogen and oxygen atoms in total. The SMILES string of the molecule is O=C([C@H]1CCCN1c1ncnc2sccc12)N1C[C@H]2CC[C@H]1C2. The van der Waals surface area contributed by atoms with Crippen molar-refractivity contribution in [3.8, 4) is 0 Å². The van der Waals surface area contributed by atoms with Gasteiger partial charge in [0.2, 0.25) is 5.91 Å². The number of carbonyl (C=O) groups is 1. The molecule has 0 aromatic carbocycles. The molecular formula is C17H20N4OS. The van der Waals surface area contributed by atoms with Crippen molar-refractivity contribution in [2.24, 2.45) is 5.92 Å². The second-order valence-corrected chi connectivity index (χ2v) is 7.91. The average molecular weight is 328 g/mol. The predicted molar refractivity (Wildman–Crippen MR) is 90.6 cm³/mol. The molecule has 0 spiro atoms. The van der Waals surface area contributed by atoms with Crippen LogP contribution in [0.5, 0.6) is 0 Å². The van der Waals surface area contributed by atoms with Gasteiger partial charge in [-0.15, -0.1) is 11.3 Å². The number of hydrogen-bond donors (Lipinski definition) is 0. The van der Waals surface area contributed by atoms with Crippen LogP contribution in [0.1, 0.15) is 32.1 Å². The van der Waals surface area contributed by atoms with Gasteiger partial charge >= 0.3 is 0 Å². The van der Waals surface area contributed by atoms with Crippen LogP contribution in [0.2, 0.25) is 0 Å². The van der Waals surface area contributed by atoms with Crippen LogP contribution < -0.4 is 4.90 Å². The third-order valence-electron chi connectivity index (χ3n) is 5.74. The van der Waals surface area contributed by atoms with Gasteiger partial charge in [0.1, 0.15) is 23.0 Å². The predicted octanol–water partition coefficient (Wildman–Crippen LogP) is 2.67. The van der Waals surface area contributed by atoms with E-state index in [1.807, 2.05) is 0 Å². The number of rotatable bonds is 2. The van der Waals surface area contributed by atoms with Crippen molar-refractivity contribution in [2.45, 2.75) is 44.2 Å². The largest absolute Gasteiger partial charge is 0.344 e. The molecule has 0 unspecified atom stereocenters. The maximum atomic E-state index is 13.1. The smallest absolute Gasteiger partial charge is 0.245 e. The van der Waals surface area contributed by atoms with Gasteiger partial charge < -0.3 is 9.80 Å². The molecule has 4 heterocycles. The van der Waals surface area contributed by atoms with E-state index in [2.05, 4.69) is 31.2 Å². The van der Waals surface area contributed by atoms with Gasteiger partial charge in [0.15, 0.2) is 0 Å². The highest BCUT2D eigenvalue weighted by Crippen LogP contribution is 2.39. The van der Waals surface area contributed by atoms with E-state index >= 15 is 0 Å². The van der Waals surface area contributed by atoms with E-state index in [0.29, 0.717) is 11.9 Å². The van der Waals surface area contributed by atoms with E-state index in [1.165, 1.54) is 19.3 Å². The molecule has 1 amide bonds. The molecule has 0 radical (unpaired) electrons. The summed E-state index contributed by atoms with van der Waals surface area (Å²) in [5, 5.41) is 3.13. The lowest BCUT2D eigenvalue weighted by Gasteiger charge is -2.33. The monoisotopic (exact) mass is 328 g/mol. The van der Waals surface area contributed by atoms with E-state index in [4.69, 9.17) is 0 Å². The van der Waals surface area contributed by atoms with Crippen LogP contribution in [0.3, 0.4) is 0 Å². The van der Waals surface area contributed by atoms with Crippen molar-refractivity contribution in [3.63, 3.8) is 0 Å². The average Bonchev–Trinajstić information content (AvgIpc) is 3.36. The Labute approximate surface area is 139 Å². The quantitative estimate of drug-likeness (QED) is 0.850. The van der Waals surface area contributed by atoms with Crippen LogP contribution in [0.25, 0.3) is 10.2 Å². The van der Waals surface area contributed by atoms with E-state index < -0.39 is 0 Å². The topological polar surface area (TPSA) is 49.3 Å². The van der Waals surface area contributed by atoms with Crippen LogP contribution in [-0.2, 0) is 4.79 Å². The molecule has 0 N–H and O–H groups in total. The fraction of sp³-hybridized carbons (Fsp3) is 0.588. The first-order valence-electron chi connectivity index (χ1n) is 8.56. The summed E-state index contributed by atoms with van der Waals surface area (Å²) in [6.07, 6.45) is 7.37. The van der Waals surface area contributed by atoms with Gasteiger partial charge in [0.05, 0.1) is 5.39 Å². The zero-order chi connectivity index (χ0) is 15.4. The van der Waals surface area contributed by atoms with Gasteiger partial charge in [-0.2, -0.15) is 0 Å². The third-order valence-corrected chi connectivity index (χ3v) is 6.56. The molecule has 2 saturated heterocycles. The van der Waals surface area contributed by atoms with Gasteiger partial charge in [-0.1, -0.05) is 0 Å². The van der Waals surface area contributed by atoms with Crippen molar-refractivity contribution < 1.29 is 4.79 Å². The summed E-state index contributed by atoms with van der Waals surface area (Å²) in [6.45, 7) is 1.89. The second-order valence-electron chi connectivity index (χ2n) is 7.01. The maximum absolute atomic E-state index is 13.1. The van der Waals surface area contributed by atoms with Crippen molar-refractivity contribution >= 4 is 33.3 Å². The first-order valence-corrected chi connectivity index (χ1v) is 9.44. The Morgan fingerprint density at radius 1 is 1.26 bits per heavy atom. The van der Waals surface area contributed by atoms with Crippen LogP contribution in [-0.4, -0.2) is 45.9 Å². The minimum absolute atomic E-state index is 0.0349. The Balaban J connectivity index is 1.46. The molecule has 2 aliphatic heterocycles. The molecular weight excluding hydrogens is 308 g/mol. The summed E-state index contributed by atoms with van der Waals surface area (Å²) >= 11 is 1.63. The van der Waals surface area contributed by atoms with Crippen LogP contribution in [0.15, 0.2) is 17.8 Å². The normalized spacial score (nSPS) is 29.8. The fourth-order valence-corrected chi connectivity index (χ4v) is 5.40. The van der Waals surface area contributed by atoms with E-state index in [9.17, 15) is 4.79 Å². The summed E-state index contributed by atoms with van der Waals surface area (Å²) in [6, 6.07) is 2.54. The molecule has 2 bridgehead atoms. The molecule has 1 aliphatic carbocycles. The van der Waals surface area contributed by atoms with Crippen LogP contribution in [0, 0.1) is 5.92 Å². The lowest BCUT2D eigenvalue weighted by molar-refractivity contribution is -0.134. The molecule has 3 fully saturated rings. The molecule has 1 saturated carbocycles. The lowest BCUT2D eigenvalue weighted by atomic mass is 10.1. The Kier molecular flexibility index (Phi) is 3.08. The Morgan fingerprint density at radius 3 is 3.04 bits per heavy atom. The van der Waals surface area contributed by atoms with Crippen molar-refractivity contribution in [1.82, 2.24) is 14.9 Å². The Morgan fingerprint density at radius 2 is 2.22 bits per heavy atom. The lowest BCUT2D eigenvalue weighted by Crippen LogP contribution is -2.48. The molecule has 23 heavy (non-hydrogen) atoms. The summed E-state index contributed by atoms with van der Waals surface area (Å²) < 4.78 is 0. The standard InChI is InChI=1S/C17H20N4OS/c22-17(21-9-11-3-4-12(21)8-11)14-2-1-6-20(14)15-13-5-7-23-16(13)19-10-18-15/h5,7,10-12,14H,1-4,6,8-9H2/t11-,12-,14+/m0/s1. The summed E-state index contributed by atoms with van der Waals surface area (Å²) in [4.78, 5) is 27.4. The van der Waals surface area contributed by atoms with E-state index in [1.54, 1.807) is 17.7 Å². The summed E-state index contributed by atoms with van der Waals surface area (Å²) in [7, 11) is 0. The van der Waals surface area contributed by atoms with Gasteiger partial charge in [-0.05, 0) is 49.5 Å². The molecule has 120 valence electrons. The first-order chi connectivity index (χ1) is 11.3. The minimum Gasteiger partial charge on any atom is -0.344 e. The number of fused-ring (bicyclic) bond motifs is 3. The fourth-order valence-electron chi connectivity index (χ4n) is 4.67. The number of anilines is 1. The number of hydrogen-bond acceptors (Lipinski definition) is 5.